The van der Waals surface area contributed by atoms with E-state index in [1.54, 1.807) is 7.05 Å². The van der Waals surface area contributed by atoms with E-state index in [0.717, 1.165) is 29.8 Å². The number of nitrogens with one attached hydrogen (secondary N) is 3. The zero-order valence-electron chi connectivity index (χ0n) is 14.7. The largest absolute Gasteiger partial charge is 0.322 e. The fourth-order valence-electron chi connectivity index (χ4n) is 2.56. The molecule has 3 N–H and O–H groups in total. The topological polar surface area (TPSA) is 62.6 Å². The molecule has 2 aromatic carbocycles. The average molecular weight is 362 g/mol. The van der Waals surface area contributed by atoms with Crippen molar-refractivity contribution in [1.82, 2.24) is 0 Å². The van der Waals surface area contributed by atoms with Crippen molar-refractivity contribution >= 4 is 23.2 Å². The van der Waals surface area contributed by atoms with Crippen molar-refractivity contribution in [2.45, 2.75) is 13.3 Å². The predicted octanol–water partition coefficient (Wildman–Crippen LogP) is 1.62. The summed E-state index contributed by atoms with van der Waals surface area (Å²) in [6, 6.07) is 10.8. The molecule has 0 aromatic heterocycles. The fourth-order valence-corrected chi connectivity index (χ4v) is 2.56. The van der Waals surface area contributed by atoms with Crippen molar-refractivity contribution in [3.05, 3.63) is 59.7 Å². The molecule has 5 nitrogen and oxygen atoms in total. The van der Waals surface area contributed by atoms with E-state index in [9.17, 15) is 18.4 Å². The number of para-hydroxylation sites is 2. The first-order chi connectivity index (χ1) is 12.4. The molecule has 2 aromatic rings. The van der Waals surface area contributed by atoms with E-state index in [1.165, 1.54) is 6.07 Å². The summed E-state index contributed by atoms with van der Waals surface area (Å²) in [5.41, 5.74) is 1.28. The third-order valence-electron chi connectivity index (χ3n) is 3.82. The number of likely N-dealkylation sites (N-methyl/N-ethyl adjacent to an activating group) is 1. The Kier molecular flexibility index (Phi) is 6.80. The number of anilines is 2. The molecule has 0 aliphatic carbocycles. The maximum absolute atomic E-state index is 13.5. The standard InChI is InChI=1S/C19H21F2N3O2/c1-3-13-7-4-5-10-16(13)22-17(25)11-24(2)12-18(26)23-19-14(20)8-6-9-15(19)21/h4-10H,3,11-12H2,1-2H3,(H,22,25)(H,23,26)/p+1. The SMILES string of the molecule is CCc1ccccc1NC(=O)C[NH+](C)CC(=O)Nc1c(F)cccc1F. The van der Waals surface area contributed by atoms with E-state index in [4.69, 9.17) is 0 Å². The lowest BCUT2D eigenvalue weighted by molar-refractivity contribution is -0.862. The Morgan fingerprint density at radius 2 is 1.50 bits per heavy atom. The van der Waals surface area contributed by atoms with Gasteiger partial charge in [0.25, 0.3) is 11.8 Å². The second kappa shape index (κ2) is 9.05. The minimum atomic E-state index is -0.843. The molecule has 138 valence electrons. The maximum atomic E-state index is 13.5. The van der Waals surface area contributed by atoms with Crippen LogP contribution in [-0.4, -0.2) is 32.0 Å². The smallest absolute Gasteiger partial charge is 0.279 e. The highest BCUT2D eigenvalue weighted by Gasteiger charge is 2.17. The Bertz CT molecular complexity index is 776. The molecule has 0 saturated carbocycles. The summed E-state index contributed by atoms with van der Waals surface area (Å²) in [6.07, 6.45) is 0.787. The minimum Gasteiger partial charge on any atom is -0.322 e. The van der Waals surface area contributed by atoms with Crippen LogP contribution in [0.3, 0.4) is 0 Å². The van der Waals surface area contributed by atoms with Gasteiger partial charge in [-0.1, -0.05) is 31.2 Å². The van der Waals surface area contributed by atoms with Crippen LogP contribution in [0.25, 0.3) is 0 Å². The molecule has 2 amide bonds. The molecule has 7 heteroatoms. The van der Waals surface area contributed by atoms with Gasteiger partial charge in [0.05, 0.1) is 7.05 Å². The molecule has 0 spiro atoms. The van der Waals surface area contributed by atoms with Gasteiger partial charge in [0, 0.05) is 5.69 Å². The minimum absolute atomic E-state index is 0.0468. The van der Waals surface area contributed by atoms with Crippen molar-refractivity contribution in [2.75, 3.05) is 30.8 Å². The molecular formula is C19H22F2N3O2+. The predicted molar refractivity (Wildman–Crippen MR) is 96.1 cm³/mol. The van der Waals surface area contributed by atoms with Gasteiger partial charge >= 0.3 is 0 Å². The second-order valence-corrected chi connectivity index (χ2v) is 6.01. The Balaban J connectivity index is 1.88. The van der Waals surface area contributed by atoms with E-state index in [1.807, 2.05) is 31.2 Å². The van der Waals surface area contributed by atoms with Gasteiger partial charge < -0.3 is 15.5 Å². The fraction of sp³-hybridized carbons (Fsp3) is 0.263. The maximum Gasteiger partial charge on any atom is 0.279 e. The first-order valence-corrected chi connectivity index (χ1v) is 8.33. The Labute approximate surface area is 151 Å². The van der Waals surface area contributed by atoms with Crippen molar-refractivity contribution in [3.63, 3.8) is 0 Å². The monoisotopic (exact) mass is 362 g/mol. The number of quaternary nitrogens is 1. The van der Waals surface area contributed by atoms with Gasteiger partial charge in [-0.15, -0.1) is 0 Å². The molecule has 1 unspecified atom stereocenters. The number of benzene rings is 2. The summed E-state index contributed by atoms with van der Waals surface area (Å²) in [5.74, 6) is -2.50. The number of hydrogen-bond acceptors (Lipinski definition) is 2. The van der Waals surface area contributed by atoms with Crippen LogP contribution >= 0.6 is 0 Å². The van der Waals surface area contributed by atoms with Crippen LogP contribution in [-0.2, 0) is 16.0 Å². The molecule has 0 bridgehead atoms. The van der Waals surface area contributed by atoms with Crippen molar-refractivity contribution in [2.24, 2.45) is 0 Å². The van der Waals surface area contributed by atoms with E-state index in [2.05, 4.69) is 10.6 Å². The van der Waals surface area contributed by atoms with Gasteiger partial charge in [0.1, 0.15) is 17.3 Å². The number of aryl methyl sites for hydroxylation is 1. The van der Waals surface area contributed by atoms with Crippen molar-refractivity contribution < 1.29 is 23.3 Å². The third-order valence-corrected chi connectivity index (χ3v) is 3.82. The summed E-state index contributed by atoms with van der Waals surface area (Å²) in [6.45, 7) is 1.94. The quantitative estimate of drug-likeness (QED) is 0.701. The lowest BCUT2D eigenvalue weighted by atomic mass is 10.1. The number of rotatable bonds is 7. The summed E-state index contributed by atoms with van der Waals surface area (Å²) in [7, 11) is 1.66. The van der Waals surface area contributed by atoms with Crippen LogP contribution in [0, 0.1) is 11.6 Å². The number of amides is 2. The van der Waals surface area contributed by atoms with Crippen LogP contribution in [0.1, 0.15) is 12.5 Å². The van der Waals surface area contributed by atoms with E-state index >= 15 is 0 Å². The zero-order valence-corrected chi connectivity index (χ0v) is 14.7. The molecule has 0 fully saturated rings. The molecule has 0 radical (unpaired) electrons. The third kappa shape index (κ3) is 5.35. The molecule has 0 aliphatic heterocycles. The average Bonchev–Trinajstić information content (AvgIpc) is 2.58. The normalized spacial score (nSPS) is 11.7. The highest BCUT2D eigenvalue weighted by Crippen LogP contribution is 2.17. The van der Waals surface area contributed by atoms with E-state index in [0.29, 0.717) is 4.90 Å². The summed E-state index contributed by atoms with van der Waals surface area (Å²) in [5, 5.41) is 5.03. The van der Waals surface area contributed by atoms with E-state index in [-0.39, 0.29) is 19.0 Å². The van der Waals surface area contributed by atoms with Gasteiger partial charge in [0.15, 0.2) is 13.1 Å². The van der Waals surface area contributed by atoms with Crippen molar-refractivity contribution in [1.29, 1.82) is 0 Å². The molecule has 1 atom stereocenters. The Hall–Kier alpha value is -2.80. The number of carbonyl (C=O) groups is 2. The van der Waals surface area contributed by atoms with Crippen LogP contribution in [0.4, 0.5) is 20.2 Å². The number of halogens is 2. The molecule has 2 rings (SSSR count). The molecule has 0 aliphatic rings. The molecular weight excluding hydrogens is 340 g/mol. The van der Waals surface area contributed by atoms with Crippen molar-refractivity contribution in [3.8, 4) is 0 Å². The van der Waals surface area contributed by atoms with Crippen LogP contribution in [0.2, 0.25) is 0 Å². The second-order valence-electron chi connectivity index (χ2n) is 6.01. The summed E-state index contributed by atoms with van der Waals surface area (Å²) < 4.78 is 27.1. The van der Waals surface area contributed by atoms with Gasteiger partial charge in [-0.25, -0.2) is 8.78 Å². The Morgan fingerprint density at radius 1 is 0.923 bits per heavy atom. The molecule has 0 heterocycles. The summed E-state index contributed by atoms with van der Waals surface area (Å²) >= 11 is 0. The number of carbonyl (C=O) groups excluding carboxylic acids is 2. The highest BCUT2D eigenvalue weighted by atomic mass is 19.1. The first kappa shape index (κ1) is 19.5. The molecule has 0 saturated heterocycles. The first-order valence-electron chi connectivity index (χ1n) is 8.33. The van der Waals surface area contributed by atoms with E-state index < -0.39 is 23.2 Å². The van der Waals surface area contributed by atoms with Crippen LogP contribution < -0.4 is 15.5 Å². The van der Waals surface area contributed by atoms with Gasteiger partial charge in [-0.3, -0.25) is 9.59 Å². The zero-order chi connectivity index (χ0) is 19.1. The van der Waals surface area contributed by atoms with Gasteiger partial charge in [0.2, 0.25) is 0 Å². The molecule has 26 heavy (non-hydrogen) atoms. The number of hydrogen-bond donors (Lipinski definition) is 3. The lowest BCUT2D eigenvalue weighted by Gasteiger charge is -2.15. The summed E-state index contributed by atoms with van der Waals surface area (Å²) in [4.78, 5) is 24.7. The van der Waals surface area contributed by atoms with Gasteiger partial charge in [-0.2, -0.15) is 0 Å². The lowest BCUT2D eigenvalue weighted by Crippen LogP contribution is -3.11. The van der Waals surface area contributed by atoms with Crippen LogP contribution in [0.5, 0.6) is 0 Å². The van der Waals surface area contributed by atoms with Crippen LogP contribution in [0.15, 0.2) is 42.5 Å². The van der Waals surface area contributed by atoms with Gasteiger partial charge in [-0.05, 0) is 30.2 Å². The Morgan fingerprint density at radius 3 is 2.12 bits per heavy atom. The highest BCUT2D eigenvalue weighted by molar-refractivity contribution is 5.93.